The average molecular weight is 214 g/mol. The smallest absolute Gasteiger partial charge is 0.341 e. The number of nitrogen functional groups attached to an aromatic ring is 1. The molecule has 0 amide bonds. The fourth-order valence-corrected chi connectivity index (χ4v) is 0.995. The third-order valence-electron chi connectivity index (χ3n) is 1.70. The highest BCUT2D eigenvalue weighted by Crippen LogP contribution is 2.23. The molecule has 0 fully saturated rings. The molecule has 0 aromatic heterocycles. The Kier molecular flexibility index (Phi) is 2.84. The van der Waals surface area contributed by atoms with Gasteiger partial charge in [0.05, 0.1) is 17.7 Å². The van der Waals surface area contributed by atoms with Crippen molar-refractivity contribution in [1.82, 2.24) is 0 Å². The number of carbonyl (C=O) groups excluding carboxylic acids is 1. The lowest BCUT2D eigenvalue weighted by Gasteiger charge is -2.03. The van der Waals surface area contributed by atoms with Crippen LogP contribution in [0.4, 0.5) is 15.8 Å². The minimum Gasteiger partial charge on any atom is -0.465 e. The first-order chi connectivity index (χ1) is 6.97. The second-order valence-corrected chi connectivity index (χ2v) is 2.65. The van der Waals surface area contributed by atoms with Gasteiger partial charge in [0.1, 0.15) is 5.56 Å². The Hall–Kier alpha value is -2.18. The van der Waals surface area contributed by atoms with E-state index in [1.165, 1.54) is 0 Å². The second kappa shape index (κ2) is 3.91. The van der Waals surface area contributed by atoms with E-state index in [0.29, 0.717) is 0 Å². The normalized spacial score (nSPS) is 9.73. The summed E-state index contributed by atoms with van der Waals surface area (Å²) >= 11 is 0. The quantitative estimate of drug-likeness (QED) is 0.344. The van der Waals surface area contributed by atoms with Crippen molar-refractivity contribution in [3.8, 4) is 0 Å². The van der Waals surface area contributed by atoms with Gasteiger partial charge in [-0.1, -0.05) is 0 Å². The summed E-state index contributed by atoms with van der Waals surface area (Å²) in [6, 6.07) is 1.61. The van der Waals surface area contributed by atoms with E-state index in [0.717, 1.165) is 19.2 Å². The molecule has 0 spiro atoms. The zero-order chi connectivity index (χ0) is 11.6. The van der Waals surface area contributed by atoms with Gasteiger partial charge in [-0.2, -0.15) is 0 Å². The minimum absolute atomic E-state index is 0.464. The van der Waals surface area contributed by atoms with Gasteiger partial charge in [0, 0.05) is 12.1 Å². The molecule has 0 saturated carbocycles. The number of benzene rings is 1. The lowest BCUT2D eigenvalue weighted by Crippen LogP contribution is -2.07. The van der Waals surface area contributed by atoms with Gasteiger partial charge in [-0.3, -0.25) is 10.1 Å². The fraction of sp³-hybridized carbons (Fsp3) is 0.125. The maximum atomic E-state index is 13.2. The molecular formula is C8H7FN2O4. The van der Waals surface area contributed by atoms with Gasteiger partial charge in [-0.15, -0.1) is 0 Å². The zero-order valence-corrected chi connectivity index (χ0v) is 7.69. The van der Waals surface area contributed by atoms with Gasteiger partial charge in [0.15, 0.2) is 5.82 Å². The summed E-state index contributed by atoms with van der Waals surface area (Å²) in [6.07, 6.45) is 0. The first-order valence-electron chi connectivity index (χ1n) is 3.79. The van der Waals surface area contributed by atoms with Crippen LogP contribution < -0.4 is 5.73 Å². The predicted molar refractivity (Wildman–Crippen MR) is 48.8 cm³/mol. The van der Waals surface area contributed by atoms with Gasteiger partial charge in [0.25, 0.3) is 5.69 Å². The molecule has 2 N–H and O–H groups in total. The van der Waals surface area contributed by atoms with E-state index < -0.39 is 33.6 Å². The highest BCUT2D eigenvalue weighted by Gasteiger charge is 2.20. The lowest BCUT2D eigenvalue weighted by molar-refractivity contribution is -0.384. The number of halogens is 1. The Morgan fingerprint density at radius 1 is 1.60 bits per heavy atom. The first kappa shape index (κ1) is 10.9. The van der Waals surface area contributed by atoms with Crippen molar-refractivity contribution < 1.29 is 18.8 Å². The van der Waals surface area contributed by atoms with Crippen LogP contribution in [0.3, 0.4) is 0 Å². The van der Waals surface area contributed by atoms with Crippen molar-refractivity contribution in [2.75, 3.05) is 12.8 Å². The average Bonchev–Trinajstić information content (AvgIpc) is 2.20. The van der Waals surface area contributed by atoms with Gasteiger partial charge < -0.3 is 10.5 Å². The number of nitrogens with two attached hydrogens (primary N) is 1. The summed E-state index contributed by atoms with van der Waals surface area (Å²) in [4.78, 5) is 20.6. The van der Waals surface area contributed by atoms with Crippen LogP contribution in [0, 0.1) is 15.9 Å². The summed E-state index contributed by atoms with van der Waals surface area (Å²) < 4.78 is 17.5. The molecule has 0 radical (unpaired) electrons. The molecule has 0 bridgehead atoms. The van der Waals surface area contributed by atoms with Gasteiger partial charge in [0.2, 0.25) is 0 Å². The Balaban J connectivity index is 3.37. The number of esters is 1. The maximum Gasteiger partial charge on any atom is 0.341 e. The van der Waals surface area contributed by atoms with E-state index in [9.17, 15) is 19.3 Å². The third-order valence-corrected chi connectivity index (χ3v) is 1.70. The molecule has 80 valence electrons. The number of nitro groups is 1. The van der Waals surface area contributed by atoms with Crippen molar-refractivity contribution in [2.45, 2.75) is 0 Å². The van der Waals surface area contributed by atoms with Crippen LogP contribution in [0.1, 0.15) is 10.4 Å². The molecule has 0 aliphatic carbocycles. The number of non-ortho nitro benzene ring substituents is 1. The van der Waals surface area contributed by atoms with Crippen molar-refractivity contribution in [1.29, 1.82) is 0 Å². The number of nitro benzene ring substituents is 1. The summed E-state index contributed by atoms with van der Waals surface area (Å²) in [5.74, 6) is -2.03. The van der Waals surface area contributed by atoms with E-state index in [4.69, 9.17) is 5.73 Å². The lowest BCUT2D eigenvalue weighted by atomic mass is 10.1. The van der Waals surface area contributed by atoms with Gasteiger partial charge >= 0.3 is 5.97 Å². The minimum atomic E-state index is -1.02. The molecule has 0 aliphatic heterocycles. The van der Waals surface area contributed by atoms with Crippen molar-refractivity contribution in [3.63, 3.8) is 0 Å². The molecule has 6 nitrogen and oxygen atoms in total. The van der Waals surface area contributed by atoms with E-state index in [-0.39, 0.29) is 0 Å². The van der Waals surface area contributed by atoms with Crippen LogP contribution >= 0.6 is 0 Å². The molecule has 0 aliphatic rings. The Morgan fingerprint density at radius 3 is 2.67 bits per heavy atom. The maximum absolute atomic E-state index is 13.2. The van der Waals surface area contributed by atoms with Crippen molar-refractivity contribution in [3.05, 3.63) is 33.6 Å². The topological polar surface area (TPSA) is 95.5 Å². The van der Waals surface area contributed by atoms with Crippen LogP contribution in [0.2, 0.25) is 0 Å². The molecule has 0 heterocycles. The number of hydrogen-bond donors (Lipinski definition) is 1. The second-order valence-electron chi connectivity index (χ2n) is 2.65. The predicted octanol–water partition coefficient (Wildman–Crippen LogP) is 1.10. The molecule has 15 heavy (non-hydrogen) atoms. The highest BCUT2D eigenvalue weighted by molar-refractivity contribution is 5.91. The van der Waals surface area contributed by atoms with Gasteiger partial charge in [-0.25, -0.2) is 9.18 Å². The molecule has 7 heteroatoms. The summed E-state index contributed by atoms with van der Waals surface area (Å²) in [5, 5.41) is 10.4. The van der Waals surface area contributed by atoms with Crippen molar-refractivity contribution in [2.24, 2.45) is 0 Å². The van der Waals surface area contributed by atoms with Crippen LogP contribution in [0.5, 0.6) is 0 Å². The summed E-state index contributed by atoms with van der Waals surface area (Å²) in [7, 11) is 1.04. The number of hydrogen-bond acceptors (Lipinski definition) is 5. The molecule has 0 unspecified atom stereocenters. The molecule has 0 atom stereocenters. The number of nitrogens with zero attached hydrogens (tertiary/aromatic N) is 1. The Bertz CT molecular complexity index is 433. The van der Waals surface area contributed by atoms with Crippen molar-refractivity contribution >= 4 is 17.3 Å². The van der Waals surface area contributed by atoms with Crippen LogP contribution in [0.15, 0.2) is 12.1 Å². The standard InChI is InChI=1S/C8H7FN2O4/c1-15-8(12)5-2-4(11(13)14)3-6(10)7(5)9/h2-3H,10H2,1H3. The van der Waals surface area contributed by atoms with Gasteiger partial charge in [-0.05, 0) is 0 Å². The monoisotopic (exact) mass is 214 g/mol. The third kappa shape index (κ3) is 2.01. The van der Waals surface area contributed by atoms with E-state index in [1.807, 2.05) is 0 Å². The van der Waals surface area contributed by atoms with E-state index in [1.54, 1.807) is 0 Å². The van der Waals surface area contributed by atoms with Crippen LogP contribution in [-0.4, -0.2) is 18.0 Å². The first-order valence-corrected chi connectivity index (χ1v) is 3.79. The molecule has 1 aromatic rings. The molecule has 0 saturated heterocycles. The zero-order valence-electron chi connectivity index (χ0n) is 7.69. The van der Waals surface area contributed by atoms with E-state index >= 15 is 0 Å². The highest BCUT2D eigenvalue weighted by atomic mass is 19.1. The Morgan fingerprint density at radius 2 is 2.20 bits per heavy atom. The number of ether oxygens (including phenoxy) is 1. The summed E-state index contributed by atoms with van der Waals surface area (Å²) in [5.41, 5.74) is 3.68. The van der Waals surface area contributed by atoms with Crippen LogP contribution in [-0.2, 0) is 4.74 Å². The number of carbonyl (C=O) groups is 1. The molecular weight excluding hydrogens is 207 g/mol. The molecule has 1 aromatic carbocycles. The SMILES string of the molecule is COC(=O)c1cc([N+](=O)[O-])cc(N)c1F. The number of anilines is 1. The van der Waals surface area contributed by atoms with E-state index in [2.05, 4.69) is 4.74 Å². The summed E-state index contributed by atoms with van der Waals surface area (Å²) in [6.45, 7) is 0. The Labute approximate surface area is 83.6 Å². The number of methoxy groups -OCH3 is 1. The molecule has 1 rings (SSSR count). The van der Waals surface area contributed by atoms with Crippen LogP contribution in [0.25, 0.3) is 0 Å². The number of rotatable bonds is 2. The fourth-order valence-electron chi connectivity index (χ4n) is 0.995. The largest absolute Gasteiger partial charge is 0.465 e.